The van der Waals surface area contributed by atoms with Crippen LogP contribution in [0, 0.1) is 0 Å². The number of nitrogen functional groups attached to an aromatic ring is 1. The maximum absolute atomic E-state index is 12.6. The van der Waals surface area contributed by atoms with Crippen LogP contribution in [0.25, 0.3) is 0 Å². The zero-order chi connectivity index (χ0) is 15.7. The Balaban J connectivity index is 0.00000192. The van der Waals surface area contributed by atoms with Gasteiger partial charge in [-0.25, -0.2) is 4.98 Å². The van der Waals surface area contributed by atoms with Gasteiger partial charge in [-0.15, -0.1) is 23.7 Å². The lowest BCUT2D eigenvalue weighted by atomic mass is 10.1. The van der Waals surface area contributed by atoms with Crippen LogP contribution in [0.3, 0.4) is 0 Å². The number of hydrogen-bond donors (Lipinski definition) is 1. The van der Waals surface area contributed by atoms with Gasteiger partial charge in [0.1, 0.15) is 0 Å². The van der Waals surface area contributed by atoms with Gasteiger partial charge in [0, 0.05) is 30.2 Å². The first-order valence-electron chi connectivity index (χ1n) is 7.02. The van der Waals surface area contributed by atoms with E-state index >= 15 is 0 Å². The first kappa shape index (κ1) is 18.0. The van der Waals surface area contributed by atoms with Crippen LogP contribution in [0.4, 0.5) is 18.3 Å². The van der Waals surface area contributed by atoms with Crippen molar-refractivity contribution < 1.29 is 13.2 Å². The third-order valence-corrected chi connectivity index (χ3v) is 4.47. The van der Waals surface area contributed by atoms with E-state index in [1.807, 2.05) is 0 Å². The van der Waals surface area contributed by atoms with E-state index in [0.29, 0.717) is 17.7 Å². The van der Waals surface area contributed by atoms with Gasteiger partial charge >= 0.3 is 6.18 Å². The summed E-state index contributed by atoms with van der Waals surface area (Å²) in [6.45, 7) is 1.38. The number of halogens is 4. The quantitative estimate of drug-likeness (QED) is 0.859. The molecule has 2 N–H and O–H groups in total. The predicted octanol–water partition coefficient (Wildman–Crippen LogP) is 4.33. The minimum Gasteiger partial charge on any atom is -0.375 e. The van der Waals surface area contributed by atoms with E-state index in [9.17, 15) is 13.2 Å². The Hall–Kier alpha value is -1.31. The molecule has 0 bridgehead atoms. The highest BCUT2D eigenvalue weighted by Crippen LogP contribution is 2.32. The first-order valence-corrected chi connectivity index (χ1v) is 7.84. The smallest absolute Gasteiger partial charge is 0.375 e. The molecule has 0 spiro atoms. The van der Waals surface area contributed by atoms with E-state index in [4.69, 9.17) is 5.73 Å². The molecule has 2 aromatic rings. The topological polar surface area (TPSA) is 42.1 Å². The highest BCUT2D eigenvalue weighted by Gasteiger charge is 2.31. The lowest BCUT2D eigenvalue weighted by Gasteiger charge is -2.21. The lowest BCUT2D eigenvalue weighted by molar-refractivity contribution is -0.137. The minimum absolute atomic E-state index is 0. The second kappa shape index (κ2) is 7.07. The molecule has 0 atom stereocenters. The largest absolute Gasteiger partial charge is 0.416 e. The van der Waals surface area contributed by atoms with Crippen molar-refractivity contribution in [3.05, 3.63) is 46.5 Å². The SMILES string of the molecule is Cl.Nc1ncc(CN(Cc2ccc(C(F)(F)F)cc2)C2CC2)s1. The third-order valence-electron chi connectivity index (χ3n) is 3.66. The number of aromatic nitrogens is 1. The maximum atomic E-state index is 12.6. The fraction of sp³-hybridized carbons (Fsp3) is 0.400. The van der Waals surface area contributed by atoms with Gasteiger partial charge in [-0.05, 0) is 30.5 Å². The lowest BCUT2D eigenvalue weighted by Crippen LogP contribution is -2.24. The summed E-state index contributed by atoms with van der Waals surface area (Å²) in [5.41, 5.74) is 5.92. The highest BCUT2D eigenvalue weighted by molar-refractivity contribution is 7.15. The van der Waals surface area contributed by atoms with Gasteiger partial charge in [-0.1, -0.05) is 12.1 Å². The third kappa shape index (κ3) is 4.83. The number of anilines is 1. The van der Waals surface area contributed by atoms with Crippen molar-refractivity contribution in [2.24, 2.45) is 0 Å². The fourth-order valence-electron chi connectivity index (χ4n) is 2.38. The summed E-state index contributed by atoms with van der Waals surface area (Å²) in [5.74, 6) is 0. The minimum atomic E-state index is -4.28. The molecule has 0 aliphatic heterocycles. The molecule has 0 amide bonds. The van der Waals surface area contributed by atoms with E-state index < -0.39 is 11.7 Å². The van der Waals surface area contributed by atoms with Crippen LogP contribution in [0.1, 0.15) is 28.8 Å². The van der Waals surface area contributed by atoms with E-state index in [0.717, 1.165) is 42.0 Å². The van der Waals surface area contributed by atoms with Crippen molar-refractivity contribution in [1.82, 2.24) is 9.88 Å². The van der Waals surface area contributed by atoms with Crippen molar-refractivity contribution in [2.75, 3.05) is 5.73 Å². The molecule has 1 fully saturated rings. The Morgan fingerprint density at radius 2 is 1.83 bits per heavy atom. The summed E-state index contributed by atoms with van der Waals surface area (Å²) < 4.78 is 37.7. The molecule has 1 aliphatic rings. The van der Waals surface area contributed by atoms with Crippen LogP contribution in [-0.4, -0.2) is 15.9 Å². The molecule has 3 rings (SSSR count). The number of thiazole rings is 1. The molecular formula is C15H17ClF3N3S. The van der Waals surface area contributed by atoms with Crippen molar-refractivity contribution >= 4 is 28.9 Å². The monoisotopic (exact) mass is 363 g/mol. The Bertz CT molecular complexity index is 638. The molecule has 0 radical (unpaired) electrons. The van der Waals surface area contributed by atoms with Gasteiger partial charge in [-0.3, -0.25) is 4.90 Å². The predicted molar refractivity (Wildman–Crippen MR) is 87.5 cm³/mol. The Morgan fingerprint density at radius 3 is 2.30 bits per heavy atom. The Labute approximate surface area is 142 Å². The number of nitrogens with zero attached hydrogens (tertiary/aromatic N) is 2. The summed E-state index contributed by atoms with van der Waals surface area (Å²) in [6, 6.07) is 5.90. The van der Waals surface area contributed by atoms with Crippen LogP contribution in [0.2, 0.25) is 0 Å². The van der Waals surface area contributed by atoms with Crippen LogP contribution >= 0.6 is 23.7 Å². The number of rotatable bonds is 5. The summed E-state index contributed by atoms with van der Waals surface area (Å²) in [6.07, 6.45) is -0.249. The fourth-order valence-corrected chi connectivity index (χ4v) is 3.09. The van der Waals surface area contributed by atoms with Gasteiger partial charge in [-0.2, -0.15) is 13.2 Å². The molecule has 1 aliphatic carbocycles. The summed E-state index contributed by atoms with van der Waals surface area (Å²) in [5, 5.41) is 0.542. The molecule has 126 valence electrons. The first-order chi connectivity index (χ1) is 10.4. The normalized spacial score (nSPS) is 14.8. The molecule has 1 heterocycles. The van der Waals surface area contributed by atoms with Gasteiger partial charge in [0.05, 0.1) is 5.56 Å². The Kier molecular flexibility index (Phi) is 5.54. The zero-order valence-electron chi connectivity index (χ0n) is 12.2. The van der Waals surface area contributed by atoms with Crippen LogP contribution in [-0.2, 0) is 19.3 Å². The molecule has 1 saturated carbocycles. The summed E-state index contributed by atoms with van der Waals surface area (Å²) in [7, 11) is 0. The van der Waals surface area contributed by atoms with Gasteiger partial charge < -0.3 is 5.73 Å². The van der Waals surface area contributed by atoms with Gasteiger partial charge in [0.25, 0.3) is 0 Å². The zero-order valence-corrected chi connectivity index (χ0v) is 13.8. The number of hydrogen-bond acceptors (Lipinski definition) is 4. The molecule has 0 saturated heterocycles. The molecule has 23 heavy (non-hydrogen) atoms. The van der Waals surface area contributed by atoms with Gasteiger partial charge in [0.2, 0.25) is 0 Å². The standard InChI is InChI=1S/C15H16F3N3S.ClH/c16-15(17,18)11-3-1-10(2-4-11)8-21(12-5-6-12)9-13-7-20-14(19)22-13;/h1-4,7,12H,5-6,8-9H2,(H2,19,20);1H. The average Bonchev–Trinajstić information content (AvgIpc) is 3.22. The molecule has 1 aromatic carbocycles. The second-order valence-electron chi connectivity index (χ2n) is 5.50. The van der Waals surface area contributed by atoms with Crippen LogP contribution in [0.5, 0.6) is 0 Å². The number of alkyl halides is 3. The molecule has 1 aromatic heterocycles. The molecular weight excluding hydrogens is 347 g/mol. The van der Waals surface area contributed by atoms with E-state index in [2.05, 4.69) is 9.88 Å². The van der Waals surface area contributed by atoms with Crippen molar-refractivity contribution in [2.45, 2.75) is 38.1 Å². The molecule has 0 unspecified atom stereocenters. The molecule has 8 heteroatoms. The van der Waals surface area contributed by atoms with Gasteiger partial charge in [0.15, 0.2) is 5.13 Å². The molecule has 3 nitrogen and oxygen atoms in total. The summed E-state index contributed by atoms with van der Waals surface area (Å²) in [4.78, 5) is 7.39. The highest BCUT2D eigenvalue weighted by atomic mass is 35.5. The van der Waals surface area contributed by atoms with Crippen LogP contribution in [0.15, 0.2) is 30.5 Å². The van der Waals surface area contributed by atoms with Crippen molar-refractivity contribution in [3.8, 4) is 0 Å². The average molecular weight is 364 g/mol. The van der Waals surface area contributed by atoms with E-state index in [1.165, 1.54) is 11.3 Å². The van der Waals surface area contributed by atoms with E-state index in [1.54, 1.807) is 18.3 Å². The summed E-state index contributed by atoms with van der Waals surface area (Å²) >= 11 is 1.45. The number of nitrogens with two attached hydrogens (primary N) is 1. The van der Waals surface area contributed by atoms with Crippen molar-refractivity contribution in [3.63, 3.8) is 0 Å². The van der Waals surface area contributed by atoms with E-state index in [-0.39, 0.29) is 12.4 Å². The Morgan fingerprint density at radius 1 is 1.17 bits per heavy atom. The maximum Gasteiger partial charge on any atom is 0.416 e. The van der Waals surface area contributed by atoms with Crippen molar-refractivity contribution in [1.29, 1.82) is 0 Å². The second-order valence-corrected chi connectivity index (χ2v) is 6.64. The van der Waals surface area contributed by atoms with Crippen LogP contribution < -0.4 is 5.73 Å². The number of benzene rings is 1.